The van der Waals surface area contributed by atoms with Gasteiger partial charge in [0.2, 0.25) is 5.91 Å². The molecule has 0 aromatic heterocycles. The van der Waals surface area contributed by atoms with E-state index in [0.717, 1.165) is 0 Å². The smallest absolute Gasteiger partial charge is 0.223 e. The van der Waals surface area contributed by atoms with E-state index < -0.39 is 15.9 Å². The molecule has 1 aromatic carbocycles. The fourth-order valence-corrected chi connectivity index (χ4v) is 3.33. The van der Waals surface area contributed by atoms with Crippen LogP contribution in [0, 0.1) is 0 Å². The Morgan fingerprint density at radius 2 is 2.18 bits per heavy atom. The minimum absolute atomic E-state index is 0.0457. The third kappa shape index (κ3) is 2.41. The van der Waals surface area contributed by atoms with Crippen molar-refractivity contribution in [2.75, 3.05) is 12.8 Å². The van der Waals surface area contributed by atoms with Gasteiger partial charge in [0, 0.05) is 7.05 Å². The molecule has 6 heteroatoms. The van der Waals surface area contributed by atoms with Crippen LogP contribution in [0.2, 0.25) is 0 Å². The highest BCUT2D eigenvalue weighted by Crippen LogP contribution is 2.31. The highest BCUT2D eigenvalue weighted by Gasteiger charge is 2.32. The number of hydrogen-bond donors (Lipinski definition) is 1. The predicted octanol–water partition coefficient (Wildman–Crippen LogP) is 0.357. The molecule has 0 fully saturated rings. The zero-order valence-electron chi connectivity index (χ0n) is 9.34. The Morgan fingerprint density at radius 3 is 2.88 bits per heavy atom. The maximum atomic E-state index is 11.9. The lowest BCUT2D eigenvalue weighted by Gasteiger charge is -2.25. The summed E-state index contributed by atoms with van der Waals surface area (Å²) in [6, 6.07) is 6.47. The van der Waals surface area contributed by atoms with E-state index in [9.17, 15) is 13.2 Å². The molecule has 1 amide bonds. The fourth-order valence-electron chi connectivity index (χ4n) is 1.76. The van der Waals surface area contributed by atoms with Gasteiger partial charge in [-0.15, -0.1) is 0 Å². The molecule has 1 atom stereocenters. The van der Waals surface area contributed by atoms with Crippen molar-refractivity contribution in [1.29, 1.82) is 0 Å². The number of fused-ring (bicyclic) bond motifs is 1. The van der Waals surface area contributed by atoms with Gasteiger partial charge in [0.25, 0.3) is 0 Å². The Hall–Kier alpha value is -1.56. The molecular weight excluding hydrogens is 242 g/mol. The van der Waals surface area contributed by atoms with Crippen molar-refractivity contribution in [2.24, 2.45) is 0 Å². The van der Waals surface area contributed by atoms with Crippen LogP contribution >= 0.6 is 0 Å². The van der Waals surface area contributed by atoms with Gasteiger partial charge in [-0.1, -0.05) is 12.1 Å². The van der Waals surface area contributed by atoms with Crippen molar-refractivity contribution in [3.63, 3.8) is 0 Å². The molecule has 0 saturated heterocycles. The van der Waals surface area contributed by atoms with Crippen LogP contribution in [-0.4, -0.2) is 33.2 Å². The molecule has 17 heavy (non-hydrogen) atoms. The lowest BCUT2D eigenvalue weighted by molar-refractivity contribution is -0.122. The number of sulfone groups is 1. The molecule has 1 aliphatic heterocycles. The number of hydrogen-bond acceptors (Lipinski definition) is 4. The van der Waals surface area contributed by atoms with Crippen LogP contribution in [0.5, 0.6) is 5.75 Å². The first kappa shape index (κ1) is 11.9. The van der Waals surface area contributed by atoms with E-state index in [1.807, 2.05) is 0 Å². The summed E-state index contributed by atoms with van der Waals surface area (Å²) < 4.78 is 29.4. The van der Waals surface area contributed by atoms with E-state index in [1.165, 1.54) is 13.1 Å². The highest BCUT2D eigenvalue weighted by molar-refractivity contribution is 7.91. The van der Waals surface area contributed by atoms with Crippen molar-refractivity contribution in [3.05, 3.63) is 24.3 Å². The molecular formula is C11H13NO4S. The number of amides is 1. The van der Waals surface area contributed by atoms with Crippen molar-refractivity contribution in [3.8, 4) is 5.75 Å². The van der Waals surface area contributed by atoms with Crippen LogP contribution in [0.3, 0.4) is 0 Å². The lowest BCUT2D eigenvalue weighted by atomic mass is 10.2. The molecule has 0 bridgehead atoms. The summed E-state index contributed by atoms with van der Waals surface area (Å²) >= 11 is 0. The quantitative estimate of drug-likeness (QED) is 0.828. The largest absolute Gasteiger partial charge is 0.487 e. The maximum absolute atomic E-state index is 11.9. The number of carbonyl (C=O) groups is 1. The first-order chi connectivity index (χ1) is 8.03. The van der Waals surface area contributed by atoms with Crippen molar-refractivity contribution in [2.45, 2.75) is 17.4 Å². The van der Waals surface area contributed by atoms with Crippen LogP contribution in [0.4, 0.5) is 0 Å². The number of benzene rings is 1. The van der Waals surface area contributed by atoms with Gasteiger partial charge in [-0.2, -0.15) is 0 Å². The number of ether oxygens (including phenoxy) is 1. The average molecular weight is 255 g/mol. The second kappa shape index (κ2) is 4.37. The first-order valence-electron chi connectivity index (χ1n) is 5.22. The summed E-state index contributed by atoms with van der Waals surface area (Å²) in [4.78, 5) is 11.4. The number of nitrogens with one attached hydrogen (secondary N) is 1. The van der Waals surface area contributed by atoms with Gasteiger partial charge in [0.05, 0.1) is 12.2 Å². The molecule has 1 aliphatic rings. The van der Waals surface area contributed by atoms with Crippen molar-refractivity contribution < 1.29 is 17.9 Å². The summed E-state index contributed by atoms with van der Waals surface area (Å²) in [5, 5.41) is 2.45. The van der Waals surface area contributed by atoms with Gasteiger partial charge in [0.15, 0.2) is 9.84 Å². The van der Waals surface area contributed by atoms with E-state index in [4.69, 9.17) is 4.74 Å². The summed E-state index contributed by atoms with van der Waals surface area (Å²) in [6.45, 7) is 0. The third-order valence-electron chi connectivity index (χ3n) is 2.58. The molecule has 2 rings (SSSR count). The third-order valence-corrected chi connectivity index (χ3v) is 4.39. The second-order valence-corrected chi connectivity index (χ2v) is 5.85. The van der Waals surface area contributed by atoms with Gasteiger partial charge < -0.3 is 10.1 Å². The minimum atomic E-state index is -3.35. The monoisotopic (exact) mass is 255 g/mol. The molecule has 5 nitrogen and oxygen atoms in total. The van der Waals surface area contributed by atoms with E-state index in [2.05, 4.69) is 5.32 Å². The van der Waals surface area contributed by atoms with E-state index in [1.54, 1.807) is 18.2 Å². The summed E-state index contributed by atoms with van der Waals surface area (Å²) in [6.07, 6.45) is -0.570. The van der Waals surface area contributed by atoms with Crippen molar-refractivity contribution in [1.82, 2.24) is 5.32 Å². The predicted molar refractivity (Wildman–Crippen MR) is 61.6 cm³/mol. The topological polar surface area (TPSA) is 72.5 Å². The van der Waals surface area contributed by atoms with Crippen LogP contribution in [0.1, 0.15) is 6.42 Å². The molecule has 1 unspecified atom stereocenters. The second-order valence-electron chi connectivity index (χ2n) is 3.85. The summed E-state index contributed by atoms with van der Waals surface area (Å²) in [5.41, 5.74) is 0. The molecule has 92 valence electrons. The average Bonchev–Trinajstić information content (AvgIpc) is 2.28. The number of carbonyl (C=O) groups excluding carboxylic acids is 1. The molecule has 1 N–H and O–H groups in total. The Kier molecular flexibility index (Phi) is 3.06. The molecule has 0 aliphatic carbocycles. The van der Waals surface area contributed by atoms with Crippen molar-refractivity contribution >= 4 is 15.7 Å². The molecule has 0 saturated carbocycles. The van der Waals surface area contributed by atoms with E-state index in [-0.39, 0.29) is 23.0 Å². The Morgan fingerprint density at radius 1 is 1.47 bits per heavy atom. The van der Waals surface area contributed by atoms with Gasteiger partial charge in [-0.05, 0) is 12.1 Å². The van der Waals surface area contributed by atoms with E-state index in [0.29, 0.717) is 5.75 Å². The van der Waals surface area contributed by atoms with E-state index >= 15 is 0 Å². The molecule has 0 spiro atoms. The standard InChI is InChI=1S/C11H13NO4S/c1-12-11(13)6-8-7-17(14,15)10-5-3-2-4-9(10)16-8/h2-5,8H,6-7H2,1H3,(H,12,13). The minimum Gasteiger partial charge on any atom is -0.487 e. The summed E-state index contributed by atoms with van der Waals surface area (Å²) in [5.74, 6) is -0.0607. The van der Waals surface area contributed by atoms with Gasteiger partial charge in [-0.3, -0.25) is 4.79 Å². The lowest BCUT2D eigenvalue weighted by Crippen LogP contribution is -2.36. The summed E-state index contributed by atoms with van der Waals surface area (Å²) in [7, 11) is -1.84. The Bertz CT molecular complexity index is 538. The zero-order valence-corrected chi connectivity index (χ0v) is 10.2. The zero-order chi connectivity index (χ0) is 12.5. The molecule has 1 heterocycles. The molecule has 0 radical (unpaired) electrons. The van der Waals surface area contributed by atoms with Gasteiger partial charge in [-0.25, -0.2) is 8.42 Å². The van der Waals surface area contributed by atoms with Gasteiger partial charge >= 0.3 is 0 Å². The van der Waals surface area contributed by atoms with Crippen LogP contribution in [0.25, 0.3) is 0 Å². The highest BCUT2D eigenvalue weighted by atomic mass is 32.2. The number of rotatable bonds is 2. The van der Waals surface area contributed by atoms with Gasteiger partial charge in [0.1, 0.15) is 16.7 Å². The SMILES string of the molecule is CNC(=O)CC1CS(=O)(=O)c2ccccc2O1. The Labute approximate surface area is 99.7 Å². The van der Waals surface area contributed by atoms with Crippen LogP contribution in [0.15, 0.2) is 29.2 Å². The maximum Gasteiger partial charge on any atom is 0.223 e. The fraction of sp³-hybridized carbons (Fsp3) is 0.364. The van der Waals surface area contributed by atoms with Crippen LogP contribution in [-0.2, 0) is 14.6 Å². The van der Waals surface area contributed by atoms with Crippen LogP contribution < -0.4 is 10.1 Å². The first-order valence-corrected chi connectivity index (χ1v) is 6.87. The number of para-hydroxylation sites is 1. The Balaban J connectivity index is 2.29. The molecule has 1 aromatic rings. The normalized spacial score (nSPS) is 21.1.